The van der Waals surface area contributed by atoms with Crippen molar-refractivity contribution in [2.75, 3.05) is 6.54 Å². The van der Waals surface area contributed by atoms with Gasteiger partial charge in [-0.2, -0.15) is 0 Å². The maximum atomic E-state index is 5.53. The van der Waals surface area contributed by atoms with E-state index in [9.17, 15) is 0 Å². The molecular formula is C15H25N3O. The average Bonchev–Trinajstić information content (AvgIpc) is 2.97. The van der Waals surface area contributed by atoms with Gasteiger partial charge in [-0.25, -0.2) is 4.99 Å². The van der Waals surface area contributed by atoms with Gasteiger partial charge >= 0.3 is 0 Å². The molecule has 1 aromatic rings. The Morgan fingerprint density at radius 2 is 2.11 bits per heavy atom. The minimum Gasteiger partial charge on any atom is -0.466 e. The first-order valence-corrected chi connectivity index (χ1v) is 7.29. The SMILES string of the molecule is CCNC(=NCc1cc(C)oc1C)NC1CCCC1. The van der Waals surface area contributed by atoms with E-state index in [1.807, 2.05) is 13.8 Å². The van der Waals surface area contributed by atoms with Crippen molar-refractivity contribution in [3.63, 3.8) is 0 Å². The molecule has 0 bridgehead atoms. The van der Waals surface area contributed by atoms with Crippen molar-refractivity contribution >= 4 is 5.96 Å². The van der Waals surface area contributed by atoms with Gasteiger partial charge in [0.2, 0.25) is 0 Å². The second kappa shape index (κ2) is 6.64. The van der Waals surface area contributed by atoms with Gasteiger partial charge in [-0.1, -0.05) is 12.8 Å². The summed E-state index contributed by atoms with van der Waals surface area (Å²) in [6.07, 6.45) is 5.18. The molecule has 1 aliphatic rings. The van der Waals surface area contributed by atoms with Gasteiger partial charge in [-0.05, 0) is 39.7 Å². The van der Waals surface area contributed by atoms with Crippen LogP contribution in [0.3, 0.4) is 0 Å². The summed E-state index contributed by atoms with van der Waals surface area (Å²) >= 11 is 0. The summed E-state index contributed by atoms with van der Waals surface area (Å²) in [4.78, 5) is 4.66. The number of aliphatic imine (C=N–C) groups is 1. The first kappa shape index (κ1) is 14.0. The van der Waals surface area contributed by atoms with Crippen LogP contribution in [-0.4, -0.2) is 18.5 Å². The Morgan fingerprint density at radius 1 is 1.37 bits per heavy atom. The molecule has 0 amide bonds. The molecule has 1 saturated carbocycles. The van der Waals surface area contributed by atoms with E-state index in [-0.39, 0.29) is 0 Å². The molecular weight excluding hydrogens is 238 g/mol. The minimum atomic E-state index is 0.588. The molecule has 0 unspecified atom stereocenters. The third-order valence-electron chi connectivity index (χ3n) is 3.59. The smallest absolute Gasteiger partial charge is 0.191 e. The molecule has 1 heterocycles. The van der Waals surface area contributed by atoms with Crippen LogP contribution in [-0.2, 0) is 6.54 Å². The Hall–Kier alpha value is -1.45. The summed E-state index contributed by atoms with van der Waals surface area (Å²) < 4.78 is 5.53. The van der Waals surface area contributed by atoms with Crippen LogP contribution < -0.4 is 10.6 Å². The van der Waals surface area contributed by atoms with Crippen molar-refractivity contribution in [1.82, 2.24) is 10.6 Å². The summed E-state index contributed by atoms with van der Waals surface area (Å²) in [5.41, 5.74) is 1.17. The molecule has 1 aromatic heterocycles. The molecule has 2 rings (SSSR count). The van der Waals surface area contributed by atoms with Crippen molar-refractivity contribution in [2.24, 2.45) is 4.99 Å². The van der Waals surface area contributed by atoms with Gasteiger partial charge in [0.1, 0.15) is 11.5 Å². The number of nitrogens with one attached hydrogen (secondary N) is 2. The zero-order valence-electron chi connectivity index (χ0n) is 12.3. The second-order valence-corrected chi connectivity index (χ2v) is 5.26. The Bertz CT molecular complexity index is 431. The molecule has 106 valence electrons. The Kier molecular flexibility index (Phi) is 4.88. The van der Waals surface area contributed by atoms with Gasteiger partial charge in [0.15, 0.2) is 5.96 Å². The summed E-state index contributed by atoms with van der Waals surface area (Å²) in [6.45, 7) is 7.63. The summed E-state index contributed by atoms with van der Waals surface area (Å²) in [6, 6.07) is 2.66. The molecule has 0 spiro atoms. The van der Waals surface area contributed by atoms with Crippen molar-refractivity contribution < 1.29 is 4.42 Å². The Morgan fingerprint density at radius 3 is 2.68 bits per heavy atom. The Labute approximate surface area is 115 Å². The highest BCUT2D eigenvalue weighted by Crippen LogP contribution is 2.18. The van der Waals surface area contributed by atoms with Gasteiger partial charge < -0.3 is 15.1 Å². The van der Waals surface area contributed by atoms with Crippen LogP contribution in [0.5, 0.6) is 0 Å². The van der Waals surface area contributed by atoms with Crippen LogP contribution in [0.2, 0.25) is 0 Å². The molecule has 0 aliphatic heterocycles. The van der Waals surface area contributed by atoms with E-state index < -0.39 is 0 Å². The molecule has 19 heavy (non-hydrogen) atoms. The number of rotatable bonds is 4. The number of nitrogens with zero attached hydrogens (tertiary/aromatic N) is 1. The zero-order valence-corrected chi connectivity index (χ0v) is 12.3. The lowest BCUT2D eigenvalue weighted by atomic mass is 10.2. The molecule has 0 radical (unpaired) electrons. The van der Waals surface area contributed by atoms with Crippen LogP contribution in [0.4, 0.5) is 0 Å². The van der Waals surface area contributed by atoms with E-state index in [1.165, 1.54) is 31.2 Å². The van der Waals surface area contributed by atoms with Gasteiger partial charge in [-0.3, -0.25) is 0 Å². The number of aryl methyl sites for hydroxylation is 2. The highest BCUT2D eigenvalue weighted by atomic mass is 16.3. The third-order valence-corrected chi connectivity index (χ3v) is 3.59. The van der Waals surface area contributed by atoms with Gasteiger partial charge in [-0.15, -0.1) is 0 Å². The largest absolute Gasteiger partial charge is 0.466 e. The lowest BCUT2D eigenvalue weighted by Crippen LogP contribution is -2.42. The van der Waals surface area contributed by atoms with Crippen molar-refractivity contribution in [3.8, 4) is 0 Å². The first-order valence-electron chi connectivity index (χ1n) is 7.29. The second-order valence-electron chi connectivity index (χ2n) is 5.26. The van der Waals surface area contributed by atoms with Crippen LogP contribution >= 0.6 is 0 Å². The highest BCUT2D eigenvalue weighted by Gasteiger charge is 2.15. The van der Waals surface area contributed by atoms with Gasteiger partial charge in [0, 0.05) is 18.2 Å². The Balaban J connectivity index is 1.97. The fourth-order valence-electron chi connectivity index (χ4n) is 2.59. The van der Waals surface area contributed by atoms with Crippen LogP contribution in [0.25, 0.3) is 0 Å². The van der Waals surface area contributed by atoms with E-state index >= 15 is 0 Å². The minimum absolute atomic E-state index is 0.588. The third kappa shape index (κ3) is 4.01. The van der Waals surface area contributed by atoms with Crippen LogP contribution in [0, 0.1) is 13.8 Å². The normalized spacial score (nSPS) is 16.9. The predicted octanol–water partition coefficient (Wildman–Crippen LogP) is 2.89. The average molecular weight is 263 g/mol. The van der Waals surface area contributed by atoms with Crippen molar-refractivity contribution in [2.45, 2.75) is 59.0 Å². The van der Waals surface area contributed by atoms with Gasteiger partial charge in [0.05, 0.1) is 6.54 Å². The summed E-state index contributed by atoms with van der Waals surface area (Å²) in [7, 11) is 0. The zero-order chi connectivity index (χ0) is 13.7. The fourth-order valence-corrected chi connectivity index (χ4v) is 2.59. The fraction of sp³-hybridized carbons (Fsp3) is 0.667. The number of furan rings is 1. The number of hydrogen-bond donors (Lipinski definition) is 2. The highest BCUT2D eigenvalue weighted by molar-refractivity contribution is 5.80. The molecule has 1 aliphatic carbocycles. The molecule has 1 fully saturated rings. The topological polar surface area (TPSA) is 49.6 Å². The van der Waals surface area contributed by atoms with Crippen molar-refractivity contribution in [3.05, 3.63) is 23.2 Å². The number of hydrogen-bond acceptors (Lipinski definition) is 2. The van der Waals surface area contributed by atoms with Crippen LogP contribution in [0.15, 0.2) is 15.5 Å². The monoisotopic (exact) mass is 263 g/mol. The number of guanidine groups is 1. The predicted molar refractivity (Wildman–Crippen MR) is 78.4 cm³/mol. The molecule has 0 atom stereocenters. The molecule has 0 saturated heterocycles. The lowest BCUT2D eigenvalue weighted by Gasteiger charge is -2.16. The molecule has 0 aromatic carbocycles. The van der Waals surface area contributed by atoms with E-state index in [2.05, 4.69) is 28.6 Å². The van der Waals surface area contributed by atoms with Crippen molar-refractivity contribution in [1.29, 1.82) is 0 Å². The maximum absolute atomic E-state index is 5.53. The lowest BCUT2D eigenvalue weighted by molar-refractivity contribution is 0.501. The van der Waals surface area contributed by atoms with E-state index in [4.69, 9.17) is 4.42 Å². The molecule has 2 N–H and O–H groups in total. The summed E-state index contributed by atoms with van der Waals surface area (Å²) in [5, 5.41) is 6.84. The van der Waals surface area contributed by atoms with E-state index in [1.54, 1.807) is 0 Å². The first-order chi connectivity index (χ1) is 9.19. The maximum Gasteiger partial charge on any atom is 0.191 e. The standard InChI is InChI=1S/C15H25N3O/c1-4-16-15(18-14-7-5-6-8-14)17-10-13-9-11(2)19-12(13)3/h9,14H,4-8,10H2,1-3H3,(H2,16,17,18). The quantitative estimate of drug-likeness (QED) is 0.648. The van der Waals surface area contributed by atoms with E-state index in [0.29, 0.717) is 12.6 Å². The van der Waals surface area contributed by atoms with E-state index in [0.717, 1.165) is 24.0 Å². The van der Waals surface area contributed by atoms with Crippen LogP contribution in [0.1, 0.15) is 49.7 Å². The van der Waals surface area contributed by atoms with Gasteiger partial charge in [0.25, 0.3) is 0 Å². The molecule has 4 nitrogen and oxygen atoms in total. The molecule has 4 heteroatoms. The summed E-state index contributed by atoms with van der Waals surface area (Å²) in [5.74, 6) is 2.85.